The minimum Gasteiger partial charge on any atom is -0.497 e. The predicted molar refractivity (Wildman–Crippen MR) is 66.9 cm³/mol. The van der Waals surface area contributed by atoms with Gasteiger partial charge >= 0.3 is 0 Å². The van der Waals surface area contributed by atoms with Crippen molar-refractivity contribution in [1.82, 2.24) is 0 Å². The van der Waals surface area contributed by atoms with Crippen molar-refractivity contribution >= 4 is 5.84 Å². The molecule has 17 heavy (non-hydrogen) atoms. The number of ether oxygens (including phenoxy) is 2. The van der Waals surface area contributed by atoms with Gasteiger partial charge in [0.1, 0.15) is 17.3 Å². The van der Waals surface area contributed by atoms with E-state index >= 15 is 0 Å². The van der Waals surface area contributed by atoms with Crippen LogP contribution in [0.5, 0.6) is 11.5 Å². The summed E-state index contributed by atoms with van der Waals surface area (Å²) in [6, 6.07) is 5.36. The quantitative estimate of drug-likeness (QED) is 0.620. The zero-order valence-electron chi connectivity index (χ0n) is 10.0. The normalized spacial score (nSPS) is 15.8. The first kappa shape index (κ1) is 11.8. The third-order valence-electron chi connectivity index (χ3n) is 3.07. The summed E-state index contributed by atoms with van der Waals surface area (Å²) < 4.78 is 11.1. The molecule has 0 aromatic heterocycles. The molecular formula is C13H18N2O2. The van der Waals surface area contributed by atoms with E-state index in [9.17, 15) is 0 Å². The van der Waals surface area contributed by atoms with E-state index in [2.05, 4.69) is 0 Å². The van der Waals surface area contributed by atoms with Crippen molar-refractivity contribution in [3.8, 4) is 11.5 Å². The molecule has 0 saturated heterocycles. The van der Waals surface area contributed by atoms with Crippen molar-refractivity contribution in [2.45, 2.75) is 31.8 Å². The van der Waals surface area contributed by atoms with Crippen molar-refractivity contribution in [1.29, 1.82) is 5.41 Å². The number of nitrogens with two attached hydrogens (primary N) is 1. The summed E-state index contributed by atoms with van der Waals surface area (Å²) in [5.41, 5.74) is 6.18. The minimum absolute atomic E-state index is 0.0284. The van der Waals surface area contributed by atoms with Crippen LogP contribution in [-0.4, -0.2) is 19.0 Å². The molecule has 0 amide bonds. The summed E-state index contributed by atoms with van der Waals surface area (Å²) in [5, 5.41) is 7.53. The molecule has 4 nitrogen and oxygen atoms in total. The number of amidine groups is 1. The Balaban J connectivity index is 2.24. The van der Waals surface area contributed by atoms with Gasteiger partial charge in [0.15, 0.2) is 0 Å². The average Bonchev–Trinajstić information content (AvgIpc) is 2.81. The molecule has 1 saturated carbocycles. The lowest BCUT2D eigenvalue weighted by Gasteiger charge is -2.16. The Kier molecular flexibility index (Phi) is 3.52. The molecular weight excluding hydrogens is 216 g/mol. The molecule has 1 aromatic rings. The van der Waals surface area contributed by atoms with Gasteiger partial charge in [0.05, 0.1) is 18.8 Å². The number of nitrogen functional groups attached to an aromatic ring is 1. The van der Waals surface area contributed by atoms with E-state index in [0.717, 1.165) is 18.6 Å². The molecule has 0 unspecified atom stereocenters. The second kappa shape index (κ2) is 5.08. The molecule has 92 valence electrons. The van der Waals surface area contributed by atoms with E-state index in [-0.39, 0.29) is 11.9 Å². The van der Waals surface area contributed by atoms with Crippen LogP contribution in [0.3, 0.4) is 0 Å². The van der Waals surface area contributed by atoms with Crippen LogP contribution in [0.15, 0.2) is 18.2 Å². The number of hydrogen-bond donors (Lipinski definition) is 2. The van der Waals surface area contributed by atoms with Crippen LogP contribution in [0.1, 0.15) is 31.2 Å². The van der Waals surface area contributed by atoms with Crippen molar-refractivity contribution in [3.05, 3.63) is 23.8 Å². The van der Waals surface area contributed by atoms with Crippen LogP contribution in [0.4, 0.5) is 0 Å². The van der Waals surface area contributed by atoms with Crippen LogP contribution >= 0.6 is 0 Å². The van der Waals surface area contributed by atoms with Gasteiger partial charge in [-0.1, -0.05) is 0 Å². The second-order valence-corrected chi connectivity index (χ2v) is 4.30. The van der Waals surface area contributed by atoms with Crippen molar-refractivity contribution in [2.75, 3.05) is 7.11 Å². The lowest BCUT2D eigenvalue weighted by atomic mass is 10.1. The Hall–Kier alpha value is -1.71. The number of methoxy groups -OCH3 is 1. The molecule has 0 bridgehead atoms. The van der Waals surface area contributed by atoms with Crippen LogP contribution in [0.25, 0.3) is 0 Å². The number of nitrogens with one attached hydrogen (secondary N) is 1. The fraction of sp³-hybridized carbons (Fsp3) is 0.462. The summed E-state index contributed by atoms with van der Waals surface area (Å²) in [4.78, 5) is 0. The largest absolute Gasteiger partial charge is 0.497 e. The molecule has 3 N–H and O–H groups in total. The molecule has 0 atom stereocenters. The molecule has 4 heteroatoms. The van der Waals surface area contributed by atoms with E-state index in [0.29, 0.717) is 11.3 Å². The maximum atomic E-state index is 7.53. The summed E-state index contributed by atoms with van der Waals surface area (Å²) in [5.74, 6) is 1.41. The van der Waals surface area contributed by atoms with Crippen LogP contribution in [-0.2, 0) is 0 Å². The lowest BCUT2D eigenvalue weighted by molar-refractivity contribution is 0.209. The number of rotatable bonds is 4. The first-order chi connectivity index (χ1) is 8.20. The molecule has 1 aromatic carbocycles. The third-order valence-corrected chi connectivity index (χ3v) is 3.07. The predicted octanol–water partition coefficient (Wildman–Crippen LogP) is 2.30. The fourth-order valence-corrected chi connectivity index (χ4v) is 2.14. The summed E-state index contributed by atoms with van der Waals surface area (Å²) in [6.07, 6.45) is 4.83. The van der Waals surface area contributed by atoms with E-state index < -0.39 is 0 Å². The molecule has 0 radical (unpaired) electrons. The average molecular weight is 234 g/mol. The fourth-order valence-electron chi connectivity index (χ4n) is 2.14. The van der Waals surface area contributed by atoms with E-state index in [1.807, 2.05) is 0 Å². The van der Waals surface area contributed by atoms with Crippen molar-refractivity contribution in [3.63, 3.8) is 0 Å². The van der Waals surface area contributed by atoms with Gasteiger partial charge in [-0.05, 0) is 37.8 Å². The first-order valence-electron chi connectivity index (χ1n) is 5.90. The van der Waals surface area contributed by atoms with Crippen LogP contribution in [0.2, 0.25) is 0 Å². The van der Waals surface area contributed by atoms with Gasteiger partial charge in [-0.15, -0.1) is 0 Å². The van der Waals surface area contributed by atoms with Crippen LogP contribution < -0.4 is 15.2 Å². The topological polar surface area (TPSA) is 68.3 Å². The Morgan fingerprint density at radius 2 is 2.06 bits per heavy atom. The van der Waals surface area contributed by atoms with Gasteiger partial charge < -0.3 is 15.2 Å². The monoisotopic (exact) mass is 234 g/mol. The second-order valence-electron chi connectivity index (χ2n) is 4.30. The van der Waals surface area contributed by atoms with E-state index in [1.165, 1.54) is 12.8 Å². The number of benzene rings is 1. The number of hydrogen-bond acceptors (Lipinski definition) is 3. The lowest BCUT2D eigenvalue weighted by Crippen LogP contribution is -2.17. The first-order valence-corrected chi connectivity index (χ1v) is 5.90. The smallest absolute Gasteiger partial charge is 0.134 e. The summed E-state index contributed by atoms with van der Waals surface area (Å²) in [6.45, 7) is 0. The molecule has 1 fully saturated rings. The van der Waals surface area contributed by atoms with E-state index in [1.54, 1.807) is 25.3 Å². The van der Waals surface area contributed by atoms with Gasteiger partial charge in [0.2, 0.25) is 0 Å². The Morgan fingerprint density at radius 1 is 1.35 bits per heavy atom. The molecule has 0 spiro atoms. The van der Waals surface area contributed by atoms with Gasteiger partial charge in [0, 0.05) is 6.07 Å². The summed E-state index contributed by atoms with van der Waals surface area (Å²) >= 11 is 0. The maximum absolute atomic E-state index is 7.53. The molecule has 0 aliphatic heterocycles. The van der Waals surface area contributed by atoms with Crippen LogP contribution in [0, 0.1) is 5.41 Å². The van der Waals surface area contributed by atoms with Crippen molar-refractivity contribution < 1.29 is 9.47 Å². The molecule has 1 aliphatic carbocycles. The molecule has 1 aliphatic rings. The zero-order chi connectivity index (χ0) is 12.3. The minimum atomic E-state index is 0.0284. The molecule has 2 rings (SSSR count). The Morgan fingerprint density at radius 3 is 2.65 bits per heavy atom. The maximum Gasteiger partial charge on any atom is 0.134 e. The third kappa shape index (κ3) is 2.70. The van der Waals surface area contributed by atoms with E-state index in [4.69, 9.17) is 20.6 Å². The molecule has 0 heterocycles. The highest BCUT2D eigenvalue weighted by atomic mass is 16.5. The van der Waals surface area contributed by atoms with Gasteiger partial charge in [0.25, 0.3) is 0 Å². The standard InChI is InChI=1S/C13H18N2O2/c1-16-10-6-7-11(13(14)15)12(8-10)17-9-4-2-3-5-9/h6-9H,2-5H2,1H3,(H3,14,15). The van der Waals surface area contributed by atoms with Crippen molar-refractivity contribution in [2.24, 2.45) is 5.73 Å². The summed E-state index contributed by atoms with van der Waals surface area (Å²) in [7, 11) is 1.61. The SMILES string of the molecule is COc1ccc(C(=N)N)c(OC2CCCC2)c1. The highest BCUT2D eigenvalue weighted by Crippen LogP contribution is 2.29. The Labute approximate surface area is 101 Å². The highest BCUT2D eigenvalue weighted by Gasteiger charge is 2.19. The Bertz CT molecular complexity index is 412. The zero-order valence-corrected chi connectivity index (χ0v) is 10.0. The van der Waals surface area contributed by atoms with Gasteiger partial charge in [-0.2, -0.15) is 0 Å². The van der Waals surface area contributed by atoms with Gasteiger partial charge in [-0.3, -0.25) is 5.41 Å². The van der Waals surface area contributed by atoms with Gasteiger partial charge in [-0.25, -0.2) is 0 Å². The highest BCUT2D eigenvalue weighted by molar-refractivity contribution is 5.97.